The van der Waals surface area contributed by atoms with Gasteiger partial charge in [-0.25, -0.2) is 9.07 Å². The van der Waals surface area contributed by atoms with Crippen LogP contribution < -0.4 is 5.32 Å². The van der Waals surface area contributed by atoms with Crippen molar-refractivity contribution in [3.8, 4) is 22.8 Å². The summed E-state index contributed by atoms with van der Waals surface area (Å²) >= 11 is 1.24. The number of anilines is 1. The number of pyridine rings is 1. The van der Waals surface area contributed by atoms with Crippen LogP contribution >= 0.6 is 11.8 Å². The normalized spacial score (nSPS) is 10.9. The van der Waals surface area contributed by atoms with E-state index in [0.717, 1.165) is 16.9 Å². The van der Waals surface area contributed by atoms with Gasteiger partial charge in [-0.3, -0.25) is 14.3 Å². The molecule has 5 aromatic rings. The fraction of sp³-hybridized carbons (Fsp3) is 0.0800. The van der Waals surface area contributed by atoms with E-state index in [1.165, 1.54) is 23.9 Å². The molecule has 1 N–H and O–H groups in total. The Morgan fingerprint density at radius 3 is 2.46 bits per heavy atom. The number of amides is 1. The maximum Gasteiger partial charge on any atom is 0.236 e. The number of hydrogen-bond acceptors (Lipinski definition) is 6. The van der Waals surface area contributed by atoms with E-state index >= 15 is 0 Å². The summed E-state index contributed by atoms with van der Waals surface area (Å²) in [5, 5.41) is 16.6. The number of hydrogen-bond donors (Lipinski definition) is 1. The van der Waals surface area contributed by atoms with E-state index in [4.69, 9.17) is 0 Å². The van der Waals surface area contributed by atoms with Gasteiger partial charge in [0.2, 0.25) is 5.91 Å². The number of carbonyl (C=O) groups excluding carboxylic acids is 1. The summed E-state index contributed by atoms with van der Waals surface area (Å²) in [5.41, 5.74) is 3.12. The van der Waals surface area contributed by atoms with Crippen molar-refractivity contribution in [2.24, 2.45) is 0 Å². The summed E-state index contributed by atoms with van der Waals surface area (Å²) in [6, 6.07) is 21.1. The van der Waals surface area contributed by atoms with Gasteiger partial charge < -0.3 is 5.32 Å². The van der Waals surface area contributed by atoms with Crippen LogP contribution in [-0.4, -0.2) is 41.2 Å². The fourth-order valence-electron chi connectivity index (χ4n) is 3.54. The van der Waals surface area contributed by atoms with Crippen molar-refractivity contribution in [1.82, 2.24) is 29.5 Å². The third-order valence-corrected chi connectivity index (χ3v) is 6.02. The van der Waals surface area contributed by atoms with Crippen molar-refractivity contribution in [3.63, 3.8) is 0 Å². The number of nitrogens with one attached hydrogen (secondary N) is 1. The monoisotopic (exact) mass is 485 g/mol. The second kappa shape index (κ2) is 9.90. The molecular weight excluding hydrogens is 465 g/mol. The second-order valence-corrected chi connectivity index (χ2v) is 8.55. The van der Waals surface area contributed by atoms with Crippen LogP contribution in [0.15, 0.2) is 90.3 Å². The van der Waals surface area contributed by atoms with Crippen LogP contribution in [0.25, 0.3) is 22.8 Å². The Labute approximate surface area is 204 Å². The van der Waals surface area contributed by atoms with Gasteiger partial charge >= 0.3 is 0 Å². The molecule has 0 fully saturated rings. The zero-order chi connectivity index (χ0) is 24.2. The number of carbonyl (C=O) groups is 1. The van der Waals surface area contributed by atoms with E-state index < -0.39 is 0 Å². The Hall–Kier alpha value is -4.31. The summed E-state index contributed by atoms with van der Waals surface area (Å²) in [5.74, 6) is 0.683. The van der Waals surface area contributed by atoms with Crippen molar-refractivity contribution in [2.45, 2.75) is 12.1 Å². The van der Waals surface area contributed by atoms with Crippen molar-refractivity contribution in [2.75, 3.05) is 11.1 Å². The zero-order valence-electron chi connectivity index (χ0n) is 18.7. The van der Waals surface area contributed by atoms with Gasteiger partial charge in [0.1, 0.15) is 11.6 Å². The summed E-state index contributed by atoms with van der Waals surface area (Å²) in [6.45, 7) is 1.87. The summed E-state index contributed by atoms with van der Waals surface area (Å²) in [4.78, 5) is 16.9. The average molecular weight is 486 g/mol. The first-order valence-corrected chi connectivity index (χ1v) is 11.7. The molecule has 0 unspecified atom stereocenters. The summed E-state index contributed by atoms with van der Waals surface area (Å²) in [7, 11) is 0. The molecule has 0 radical (unpaired) electrons. The lowest BCUT2D eigenvalue weighted by Crippen LogP contribution is -2.17. The maximum atomic E-state index is 13.6. The molecule has 0 saturated heterocycles. The highest BCUT2D eigenvalue weighted by molar-refractivity contribution is 7.99. The standard InChI is InChI=1S/C25H20FN7OS/c1-17-15-22(33(31-17)21-5-3-2-4-6-21)28-23(34)16-35-25-30-29-24(18-11-13-27-14-12-18)32(25)20-9-7-19(26)8-10-20/h2-15H,16H2,1H3,(H,28,34). The number of para-hydroxylation sites is 1. The quantitative estimate of drug-likeness (QED) is 0.336. The molecule has 0 bridgehead atoms. The van der Waals surface area contributed by atoms with Gasteiger partial charge in [0.05, 0.1) is 17.1 Å². The highest BCUT2D eigenvalue weighted by Gasteiger charge is 2.18. The SMILES string of the molecule is Cc1cc(NC(=O)CSc2nnc(-c3ccncc3)n2-c2ccc(F)cc2)n(-c2ccccc2)n1. The lowest BCUT2D eigenvalue weighted by molar-refractivity contribution is -0.113. The van der Waals surface area contributed by atoms with Crippen molar-refractivity contribution < 1.29 is 9.18 Å². The third-order valence-electron chi connectivity index (χ3n) is 5.09. The lowest BCUT2D eigenvalue weighted by Gasteiger charge is -2.11. The summed E-state index contributed by atoms with van der Waals surface area (Å²) < 4.78 is 17.0. The van der Waals surface area contributed by atoms with Crippen molar-refractivity contribution in [3.05, 3.63) is 96.7 Å². The Balaban J connectivity index is 1.38. The van der Waals surface area contributed by atoms with Crippen LogP contribution in [0.1, 0.15) is 5.69 Å². The number of aromatic nitrogens is 6. The van der Waals surface area contributed by atoms with Gasteiger partial charge in [-0.15, -0.1) is 10.2 Å². The molecule has 0 aliphatic rings. The minimum atomic E-state index is -0.341. The van der Waals surface area contributed by atoms with E-state index in [-0.39, 0.29) is 17.5 Å². The highest BCUT2D eigenvalue weighted by atomic mass is 32.2. The molecule has 1 amide bonds. The van der Waals surface area contributed by atoms with Crippen molar-refractivity contribution in [1.29, 1.82) is 0 Å². The van der Waals surface area contributed by atoms with Crippen LogP contribution in [0.5, 0.6) is 0 Å². The van der Waals surface area contributed by atoms with E-state index in [1.54, 1.807) is 33.8 Å². The molecule has 35 heavy (non-hydrogen) atoms. The second-order valence-electron chi connectivity index (χ2n) is 7.61. The maximum absolute atomic E-state index is 13.6. The molecule has 8 nitrogen and oxygen atoms in total. The average Bonchev–Trinajstić information content (AvgIpc) is 3.47. The lowest BCUT2D eigenvalue weighted by atomic mass is 10.2. The third kappa shape index (κ3) is 4.97. The molecule has 10 heteroatoms. The number of rotatable bonds is 7. The number of benzene rings is 2. The minimum Gasteiger partial charge on any atom is -0.310 e. The first-order chi connectivity index (χ1) is 17.1. The van der Waals surface area contributed by atoms with Crippen LogP contribution in [0.2, 0.25) is 0 Å². The number of aryl methyl sites for hydroxylation is 1. The highest BCUT2D eigenvalue weighted by Crippen LogP contribution is 2.28. The Bertz CT molecular complexity index is 1450. The molecule has 3 heterocycles. The van der Waals surface area contributed by atoms with Crippen LogP contribution in [0, 0.1) is 12.7 Å². The molecule has 0 saturated carbocycles. The topological polar surface area (TPSA) is 90.5 Å². The van der Waals surface area contributed by atoms with Crippen LogP contribution in [0.4, 0.5) is 10.2 Å². The largest absolute Gasteiger partial charge is 0.310 e. The molecule has 3 aromatic heterocycles. The Kier molecular flexibility index (Phi) is 6.36. The molecular formula is C25H20FN7OS. The van der Waals surface area contributed by atoms with Gasteiger partial charge in [0.25, 0.3) is 0 Å². The Morgan fingerprint density at radius 2 is 1.71 bits per heavy atom. The fourth-order valence-corrected chi connectivity index (χ4v) is 4.29. The number of nitrogens with zero attached hydrogens (tertiary/aromatic N) is 6. The predicted molar refractivity (Wildman–Crippen MR) is 132 cm³/mol. The van der Waals surface area contributed by atoms with E-state index in [9.17, 15) is 9.18 Å². The van der Waals surface area contributed by atoms with Crippen LogP contribution in [0.3, 0.4) is 0 Å². The first-order valence-electron chi connectivity index (χ1n) is 10.7. The Morgan fingerprint density at radius 1 is 0.971 bits per heavy atom. The van der Waals surface area contributed by atoms with Gasteiger partial charge in [-0.05, 0) is 55.5 Å². The van der Waals surface area contributed by atoms with E-state index in [1.807, 2.05) is 55.5 Å². The number of halogens is 1. The summed E-state index contributed by atoms with van der Waals surface area (Å²) in [6.07, 6.45) is 3.33. The molecule has 0 aliphatic heterocycles. The molecule has 5 rings (SSSR count). The van der Waals surface area contributed by atoms with Gasteiger partial charge in [0, 0.05) is 29.7 Å². The minimum absolute atomic E-state index is 0.0920. The first kappa shape index (κ1) is 22.5. The molecule has 0 aliphatic carbocycles. The molecule has 0 atom stereocenters. The van der Waals surface area contributed by atoms with Gasteiger partial charge in [-0.2, -0.15) is 5.10 Å². The smallest absolute Gasteiger partial charge is 0.236 e. The van der Waals surface area contributed by atoms with Gasteiger partial charge in [0.15, 0.2) is 11.0 Å². The zero-order valence-corrected chi connectivity index (χ0v) is 19.5. The number of thioether (sulfide) groups is 1. The van der Waals surface area contributed by atoms with Crippen molar-refractivity contribution >= 4 is 23.5 Å². The molecule has 0 spiro atoms. The van der Waals surface area contributed by atoms with Crippen LogP contribution in [-0.2, 0) is 4.79 Å². The van der Waals surface area contributed by atoms with Gasteiger partial charge in [-0.1, -0.05) is 30.0 Å². The predicted octanol–water partition coefficient (Wildman–Crippen LogP) is 4.69. The molecule has 2 aromatic carbocycles. The van der Waals surface area contributed by atoms with E-state index in [2.05, 4.69) is 25.6 Å². The van der Waals surface area contributed by atoms with E-state index in [0.29, 0.717) is 22.5 Å². The molecule has 174 valence electrons.